The van der Waals surface area contributed by atoms with E-state index in [1.807, 2.05) is 54.2 Å². The Labute approximate surface area is 147 Å². The van der Waals surface area contributed by atoms with Crippen LogP contribution in [0, 0.1) is 0 Å². The summed E-state index contributed by atoms with van der Waals surface area (Å²) in [5.41, 5.74) is 3.84. The predicted molar refractivity (Wildman–Crippen MR) is 96.7 cm³/mol. The zero-order valence-corrected chi connectivity index (χ0v) is 14.6. The molecule has 0 radical (unpaired) electrons. The first-order valence-corrected chi connectivity index (χ1v) is 8.30. The summed E-state index contributed by atoms with van der Waals surface area (Å²) in [7, 11) is 1.98. The minimum Gasteiger partial charge on any atom is -0.364 e. The Bertz CT molecular complexity index is 989. The maximum Gasteiger partial charge on any atom is 0.172 e. The molecule has 6 nitrogen and oxygen atoms in total. The molecule has 1 N–H and O–H groups in total. The number of benzene rings is 1. The van der Waals surface area contributed by atoms with Gasteiger partial charge in [-0.25, -0.2) is 9.97 Å². The van der Waals surface area contributed by atoms with Crippen molar-refractivity contribution >= 4 is 27.4 Å². The number of nitrogens with one attached hydrogen (secondary N) is 1. The van der Waals surface area contributed by atoms with E-state index in [0.717, 1.165) is 32.9 Å². The van der Waals surface area contributed by atoms with Crippen LogP contribution in [0.15, 0.2) is 59.6 Å². The fraction of sp³-hybridized carbons (Fsp3) is 0.118. The highest BCUT2D eigenvalue weighted by atomic mass is 79.9. The van der Waals surface area contributed by atoms with Crippen LogP contribution in [0.1, 0.15) is 5.69 Å². The smallest absolute Gasteiger partial charge is 0.172 e. The topological polar surface area (TPSA) is 60.0 Å². The normalized spacial score (nSPS) is 11.1. The van der Waals surface area contributed by atoms with Crippen LogP contribution >= 0.6 is 15.9 Å². The lowest BCUT2D eigenvalue weighted by Crippen LogP contribution is -2.09. The fourth-order valence-electron chi connectivity index (χ4n) is 2.55. The molecule has 0 atom stereocenters. The Hall–Kier alpha value is -2.67. The van der Waals surface area contributed by atoms with Gasteiger partial charge in [-0.15, -0.1) is 0 Å². The van der Waals surface area contributed by atoms with E-state index in [0.29, 0.717) is 6.54 Å². The molecule has 1 aromatic carbocycles. The van der Waals surface area contributed by atoms with E-state index < -0.39 is 0 Å². The largest absolute Gasteiger partial charge is 0.364 e. The Balaban J connectivity index is 1.77. The van der Waals surface area contributed by atoms with Crippen molar-refractivity contribution in [2.24, 2.45) is 7.05 Å². The van der Waals surface area contributed by atoms with E-state index in [-0.39, 0.29) is 0 Å². The van der Waals surface area contributed by atoms with Crippen LogP contribution < -0.4 is 5.32 Å². The van der Waals surface area contributed by atoms with E-state index in [1.54, 1.807) is 17.0 Å². The van der Waals surface area contributed by atoms with Crippen molar-refractivity contribution in [3.8, 4) is 11.3 Å². The summed E-state index contributed by atoms with van der Waals surface area (Å²) in [6.45, 7) is 0.654. The monoisotopic (exact) mass is 382 g/mol. The molecule has 3 heterocycles. The van der Waals surface area contributed by atoms with Crippen molar-refractivity contribution < 1.29 is 0 Å². The molecule has 24 heavy (non-hydrogen) atoms. The van der Waals surface area contributed by atoms with Crippen molar-refractivity contribution in [3.05, 3.63) is 65.3 Å². The number of rotatable bonds is 4. The molecule has 120 valence electrons. The first kappa shape index (κ1) is 14.9. The highest BCUT2D eigenvalue weighted by molar-refractivity contribution is 9.10. The number of aromatic nitrogens is 5. The molecular weight excluding hydrogens is 368 g/mol. The van der Waals surface area contributed by atoms with Gasteiger partial charge in [-0.05, 0) is 15.9 Å². The molecular formula is C17H15BrN6. The van der Waals surface area contributed by atoms with Gasteiger partial charge in [-0.2, -0.15) is 9.61 Å². The maximum absolute atomic E-state index is 4.72. The third-order valence-electron chi connectivity index (χ3n) is 3.87. The number of nitrogens with zero attached hydrogens (tertiary/aromatic N) is 5. The minimum atomic E-state index is 0.654. The van der Waals surface area contributed by atoms with Gasteiger partial charge in [0.05, 0.1) is 34.9 Å². The zero-order valence-electron chi connectivity index (χ0n) is 13.0. The standard InChI is InChI=1S/C17H15BrN6/c1-23-11-19-8-13(23)9-20-16-7-15(12-5-3-2-4-6-12)22-17-14(18)10-21-24(16)17/h2-8,10-11,20H,9H2,1H3. The highest BCUT2D eigenvalue weighted by Gasteiger charge is 2.11. The van der Waals surface area contributed by atoms with Crippen molar-refractivity contribution in [2.75, 3.05) is 5.32 Å². The summed E-state index contributed by atoms with van der Waals surface area (Å²) >= 11 is 3.52. The van der Waals surface area contributed by atoms with Crippen LogP contribution in [0.3, 0.4) is 0 Å². The van der Waals surface area contributed by atoms with Crippen LogP contribution in [-0.2, 0) is 13.6 Å². The molecule has 0 fully saturated rings. The number of imidazole rings is 1. The molecule has 0 aliphatic carbocycles. The molecule has 7 heteroatoms. The van der Waals surface area contributed by atoms with Gasteiger partial charge in [0, 0.05) is 24.9 Å². The number of hydrogen-bond donors (Lipinski definition) is 1. The van der Waals surface area contributed by atoms with Crippen molar-refractivity contribution in [1.82, 2.24) is 24.1 Å². The van der Waals surface area contributed by atoms with E-state index in [1.165, 1.54) is 0 Å². The maximum atomic E-state index is 4.72. The first-order valence-electron chi connectivity index (χ1n) is 7.51. The lowest BCUT2D eigenvalue weighted by molar-refractivity contribution is 0.828. The van der Waals surface area contributed by atoms with Gasteiger partial charge >= 0.3 is 0 Å². The molecule has 0 aliphatic rings. The van der Waals surface area contributed by atoms with Gasteiger partial charge in [-0.3, -0.25) is 0 Å². The SMILES string of the molecule is Cn1cncc1CNc1cc(-c2ccccc2)nc2c(Br)cnn12. The third-order valence-corrected chi connectivity index (χ3v) is 4.42. The van der Waals surface area contributed by atoms with Crippen molar-refractivity contribution in [1.29, 1.82) is 0 Å². The van der Waals surface area contributed by atoms with Gasteiger partial charge in [0.1, 0.15) is 5.82 Å². The summed E-state index contributed by atoms with van der Waals surface area (Å²) in [5, 5.41) is 7.83. The van der Waals surface area contributed by atoms with E-state index >= 15 is 0 Å². The minimum absolute atomic E-state index is 0.654. The molecule has 3 aromatic heterocycles. The third kappa shape index (κ3) is 2.67. The average Bonchev–Trinajstić information content (AvgIpc) is 3.19. The average molecular weight is 383 g/mol. The lowest BCUT2D eigenvalue weighted by atomic mass is 10.1. The van der Waals surface area contributed by atoms with Crippen LogP contribution in [0.5, 0.6) is 0 Å². The number of hydrogen-bond acceptors (Lipinski definition) is 4. The van der Waals surface area contributed by atoms with Gasteiger partial charge < -0.3 is 9.88 Å². The van der Waals surface area contributed by atoms with Crippen LogP contribution in [0.2, 0.25) is 0 Å². The highest BCUT2D eigenvalue weighted by Crippen LogP contribution is 2.26. The summed E-state index contributed by atoms with van der Waals surface area (Å²) in [4.78, 5) is 8.87. The molecule has 0 bridgehead atoms. The molecule has 0 aliphatic heterocycles. The number of aryl methyl sites for hydroxylation is 1. The summed E-state index contributed by atoms with van der Waals surface area (Å²) in [6, 6.07) is 12.1. The van der Waals surface area contributed by atoms with Gasteiger partial charge in [-0.1, -0.05) is 30.3 Å². The van der Waals surface area contributed by atoms with Crippen LogP contribution in [0.4, 0.5) is 5.82 Å². The number of halogens is 1. The quantitative estimate of drug-likeness (QED) is 0.586. The Morgan fingerprint density at radius 1 is 1.17 bits per heavy atom. The second-order valence-electron chi connectivity index (χ2n) is 5.47. The Kier molecular flexibility index (Phi) is 3.78. The fourth-order valence-corrected chi connectivity index (χ4v) is 2.90. The Morgan fingerprint density at radius 3 is 2.75 bits per heavy atom. The lowest BCUT2D eigenvalue weighted by Gasteiger charge is -2.11. The summed E-state index contributed by atoms with van der Waals surface area (Å²) < 4.78 is 4.65. The zero-order chi connectivity index (χ0) is 16.5. The van der Waals surface area contributed by atoms with E-state index in [9.17, 15) is 0 Å². The Morgan fingerprint density at radius 2 is 2.00 bits per heavy atom. The molecule has 0 unspecified atom stereocenters. The molecule has 4 aromatic rings. The molecule has 0 spiro atoms. The van der Waals surface area contributed by atoms with Gasteiger partial charge in [0.25, 0.3) is 0 Å². The summed E-state index contributed by atoms with van der Waals surface area (Å²) in [5.74, 6) is 0.880. The molecule has 0 amide bonds. The van der Waals surface area contributed by atoms with Gasteiger partial charge in [0.15, 0.2) is 5.65 Å². The second-order valence-corrected chi connectivity index (χ2v) is 6.32. The van der Waals surface area contributed by atoms with E-state index in [4.69, 9.17) is 4.98 Å². The molecule has 0 saturated carbocycles. The molecule has 4 rings (SSSR count). The van der Waals surface area contributed by atoms with Crippen molar-refractivity contribution in [3.63, 3.8) is 0 Å². The number of anilines is 1. The van der Waals surface area contributed by atoms with Gasteiger partial charge in [0.2, 0.25) is 0 Å². The molecule has 0 saturated heterocycles. The summed E-state index contributed by atoms with van der Waals surface area (Å²) in [6.07, 6.45) is 5.40. The predicted octanol–water partition coefficient (Wildman–Crippen LogP) is 3.50. The van der Waals surface area contributed by atoms with Crippen LogP contribution in [-0.4, -0.2) is 24.1 Å². The van der Waals surface area contributed by atoms with Crippen molar-refractivity contribution in [2.45, 2.75) is 6.54 Å². The van der Waals surface area contributed by atoms with Crippen LogP contribution in [0.25, 0.3) is 16.9 Å². The van der Waals surface area contributed by atoms with E-state index in [2.05, 4.69) is 31.3 Å². The first-order chi connectivity index (χ1) is 11.7. The number of fused-ring (bicyclic) bond motifs is 1. The second kappa shape index (κ2) is 6.09.